The van der Waals surface area contributed by atoms with E-state index in [9.17, 15) is 4.79 Å². The molecule has 3 rings (SSSR count). The van der Waals surface area contributed by atoms with E-state index in [-0.39, 0.29) is 0 Å². The molecular formula is C21H22O3. The highest BCUT2D eigenvalue weighted by Gasteiger charge is 1.94. The molecule has 0 bridgehead atoms. The van der Waals surface area contributed by atoms with E-state index in [1.54, 1.807) is 42.5 Å². The number of aromatic hydroxyl groups is 2. The lowest BCUT2D eigenvalue weighted by molar-refractivity contribution is 0.112. The number of carbonyl (C=O) groups is 1. The highest BCUT2D eigenvalue weighted by molar-refractivity contribution is 5.74. The first kappa shape index (κ1) is 19.0. The molecule has 0 aliphatic carbocycles. The summed E-state index contributed by atoms with van der Waals surface area (Å²) in [6, 6.07) is 23.3. The number of aryl methyl sites for hydroxylation is 1. The molecule has 0 spiro atoms. The highest BCUT2D eigenvalue weighted by Crippen LogP contribution is 2.17. The van der Waals surface area contributed by atoms with Crippen molar-refractivity contribution in [1.29, 1.82) is 0 Å². The van der Waals surface area contributed by atoms with E-state index >= 15 is 0 Å². The van der Waals surface area contributed by atoms with E-state index < -0.39 is 0 Å². The van der Waals surface area contributed by atoms with Crippen LogP contribution < -0.4 is 0 Å². The molecule has 3 aromatic rings. The van der Waals surface area contributed by atoms with Crippen LogP contribution in [0.15, 0.2) is 78.9 Å². The average molecular weight is 322 g/mol. The summed E-state index contributed by atoms with van der Waals surface area (Å²) in [5, 5.41) is 17.7. The molecular weight excluding hydrogens is 300 g/mol. The normalized spacial score (nSPS) is 8.92. The summed E-state index contributed by atoms with van der Waals surface area (Å²) in [4.78, 5) is 10.0. The second kappa shape index (κ2) is 10.6. The van der Waals surface area contributed by atoms with Gasteiger partial charge in [0.15, 0.2) is 0 Å². The fourth-order valence-corrected chi connectivity index (χ4v) is 1.70. The fourth-order valence-electron chi connectivity index (χ4n) is 1.70. The molecule has 0 aromatic heterocycles. The number of aldehydes is 1. The van der Waals surface area contributed by atoms with Crippen molar-refractivity contribution in [2.45, 2.75) is 13.8 Å². The zero-order valence-electron chi connectivity index (χ0n) is 13.9. The largest absolute Gasteiger partial charge is 0.508 e. The second-order valence-electron chi connectivity index (χ2n) is 5.08. The summed E-state index contributed by atoms with van der Waals surface area (Å²) in [5.74, 6) is 0.706. The van der Waals surface area contributed by atoms with E-state index in [1.165, 1.54) is 0 Å². The van der Waals surface area contributed by atoms with E-state index in [0.717, 1.165) is 23.0 Å². The van der Waals surface area contributed by atoms with Crippen molar-refractivity contribution in [3.8, 4) is 11.5 Å². The number of para-hydroxylation sites is 1. The standard InChI is InChI=1S/C8H10O.C7H6O.C6H6O/c1-6-4-3-5-8(9)7(6)2;8-6-7-4-2-1-3-5-7;7-6-4-2-1-3-5-6/h3-5,9H,1-2H3;1-6H;1-5,7H. The molecule has 3 heteroatoms. The van der Waals surface area contributed by atoms with Gasteiger partial charge in [-0.15, -0.1) is 0 Å². The van der Waals surface area contributed by atoms with Gasteiger partial charge in [0.25, 0.3) is 0 Å². The predicted octanol–water partition coefficient (Wildman–Crippen LogP) is 4.90. The molecule has 0 saturated heterocycles. The molecule has 2 N–H and O–H groups in total. The Kier molecular flexibility index (Phi) is 8.40. The molecule has 0 fully saturated rings. The molecule has 0 aliphatic rings. The van der Waals surface area contributed by atoms with Crippen molar-refractivity contribution in [2.24, 2.45) is 0 Å². The van der Waals surface area contributed by atoms with Gasteiger partial charge in [0.2, 0.25) is 0 Å². The third kappa shape index (κ3) is 7.27. The third-order valence-corrected chi connectivity index (χ3v) is 3.27. The van der Waals surface area contributed by atoms with Crippen molar-refractivity contribution < 1.29 is 15.0 Å². The van der Waals surface area contributed by atoms with Crippen LogP contribution in [-0.2, 0) is 0 Å². The molecule has 24 heavy (non-hydrogen) atoms. The minimum Gasteiger partial charge on any atom is -0.508 e. The first-order valence-corrected chi connectivity index (χ1v) is 7.54. The predicted molar refractivity (Wildman–Crippen MR) is 97.5 cm³/mol. The Morgan fingerprint density at radius 3 is 1.58 bits per heavy atom. The quantitative estimate of drug-likeness (QED) is 0.626. The Morgan fingerprint density at radius 1 is 0.708 bits per heavy atom. The minimum atomic E-state index is 0.322. The molecule has 3 nitrogen and oxygen atoms in total. The van der Waals surface area contributed by atoms with Gasteiger partial charge in [-0.3, -0.25) is 4.79 Å². The molecule has 124 valence electrons. The Labute approximate surface area is 142 Å². The van der Waals surface area contributed by atoms with Crippen molar-refractivity contribution in [3.63, 3.8) is 0 Å². The Morgan fingerprint density at radius 2 is 1.25 bits per heavy atom. The van der Waals surface area contributed by atoms with Crippen LogP contribution in [0.25, 0.3) is 0 Å². The van der Waals surface area contributed by atoms with Gasteiger partial charge in [-0.2, -0.15) is 0 Å². The van der Waals surface area contributed by atoms with Gasteiger partial charge in [0.1, 0.15) is 17.8 Å². The number of carbonyl (C=O) groups excluding carboxylic acids is 1. The maximum Gasteiger partial charge on any atom is 0.150 e. The van der Waals surface area contributed by atoms with Crippen LogP contribution >= 0.6 is 0 Å². The number of hydrogen-bond donors (Lipinski definition) is 2. The molecule has 0 aliphatic heterocycles. The summed E-state index contributed by atoms with van der Waals surface area (Å²) in [6.45, 7) is 3.89. The van der Waals surface area contributed by atoms with E-state index in [1.807, 2.05) is 50.2 Å². The van der Waals surface area contributed by atoms with Crippen LogP contribution in [-0.4, -0.2) is 16.5 Å². The number of phenols is 2. The smallest absolute Gasteiger partial charge is 0.150 e. The van der Waals surface area contributed by atoms with Crippen LogP contribution in [0.3, 0.4) is 0 Å². The van der Waals surface area contributed by atoms with Crippen LogP contribution in [0.4, 0.5) is 0 Å². The lowest BCUT2D eigenvalue weighted by Gasteiger charge is -1.99. The Hall–Kier alpha value is -3.07. The summed E-state index contributed by atoms with van der Waals surface area (Å²) >= 11 is 0. The summed E-state index contributed by atoms with van der Waals surface area (Å²) in [7, 11) is 0. The number of rotatable bonds is 1. The minimum absolute atomic E-state index is 0.322. The lowest BCUT2D eigenvalue weighted by atomic mass is 10.1. The summed E-state index contributed by atoms with van der Waals surface area (Å²) < 4.78 is 0. The van der Waals surface area contributed by atoms with Gasteiger partial charge in [-0.1, -0.05) is 60.7 Å². The van der Waals surface area contributed by atoms with Gasteiger partial charge < -0.3 is 10.2 Å². The van der Waals surface area contributed by atoms with Crippen molar-refractivity contribution >= 4 is 6.29 Å². The highest BCUT2D eigenvalue weighted by atomic mass is 16.3. The van der Waals surface area contributed by atoms with Crippen LogP contribution in [0.1, 0.15) is 21.5 Å². The molecule has 0 radical (unpaired) electrons. The zero-order chi connectivity index (χ0) is 17.8. The van der Waals surface area contributed by atoms with Crippen molar-refractivity contribution in [3.05, 3.63) is 95.6 Å². The Bertz CT molecular complexity index is 702. The van der Waals surface area contributed by atoms with Crippen LogP contribution in [0.5, 0.6) is 11.5 Å². The van der Waals surface area contributed by atoms with Gasteiger partial charge in [-0.05, 0) is 43.2 Å². The monoisotopic (exact) mass is 322 g/mol. The van der Waals surface area contributed by atoms with Gasteiger partial charge in [0, 0.05) is 5.56 Å². The zero-order valence-corrected chi connectivity index (χ0v) is 13.9. The SMILES string of the molecule is Cc1cccc(O)c1C.O=Cc1ccccc1.Oc1ccccc1. The van der Waals surface area contributed by atoms with E-state index in [4.69, 9.17) is 10.2 Å². The average Bonchev–Trinajstić information content (AvgIpc) is 2.62. The Balaban J connectivity index is 0.000000181. The number of benzene rings is 3. The van der Waals surface area contributed by atoms with Gasteiger partial charge in [-0.25, -0.2) is 0 Å². The van der Waals surface area contributed by atoms with Gasteiger partial charge in [0.05, 0.1) is 0 Å². The van der Waals surface area contributed by atoms with Crippen molar-refractivity contribution in [2.75, 3.05) is 0 Å². The van der Waals surface area contributed by atoms with E-state index in [0.29, 0.717) is 11.5 Å². The summed E-state index contributed by atoms with van der Waals surface area (Å²) in [6.07, 6.45) is 0.833. The van der Waals surface area contributed by atoms with Crippen LogP contribution in [0, 0.1) is 13.8 Å². The van der Waals surface area contributed by atoms with Crippen LogP contribution in [0.2, 0.25) is 0 Å². The lowest BCUT2D eigenvalue weighted by Crippen LogP contribution is -1.78. The molecule has 3 aromatic carbocycles. The first-order valence-electron chi connectivity index (χ1n) is 7.54. The maximum atomic E-state index is 10.0. The van der Waals surface area contributed by atoms with E-state index in [2.05, 4.69) is 0 Å². The molecule has 0 unspecified atom stereocenters. The number of hydrogen-bond acceptors (Lipinski definition) is 3. The van der Waals surface area contributed by atoms with Crippen molar-refractivity contribution in [1.82, 2.24) is 0 Å². The number of phenolic OH excluding ortho intramolecular Hbond substituents is 2. The van der Waals surface area contributed by atoms with Gasteiger partial charge >= 0.3 is 0 Å². The second-order valence-corrected chi connectivity index (χ2v) is 5.08. The molecule has 0 saturated carbocycles. The molecule has 0 atom stereocenters. The maximum absolute atomic E-state index is 10.0. The fraction of sp³-hybridized carbons (Fsp3) is 0.0952. The first-order chi connectivity index (χ1) is 11.5. The molecule has 0 amide bonds. The summed E-state index contributed by atoms with van der Waals surface area (Å²) in [5.41, 5.74) is 2.83. The third-order valence-electron chi connectivity index (χ3n) is 3.27. The molecule has 0 heterocycles. The topological polar surface area (TPSA) is 57.5 Å².